The first-order valence-corrected chi connectivity index (χ1v) is 5.88. The highest BCUT2D eigenvalue weighted by molar-refractivity contribution is 5.39. The standard InChI is InChI=1S/C13H20N2/c1-2-15(13-7-8-13)10-9-11-3-5-12(14)6-4-11/h3-6,13H,2,7-10,14H2,1H3. The fraction of sp³-hybridized carbons (Fsp3) is 0.538. The van der Waals surface area contributed by atoms with Crippen molar-refractivity contribution in [3.05, 3.63) is 29.8 Å². The smallest absolute Gasteiger partial charge is 0.0314 e. The normalized spacial score (nSPS) is 15.9. The van der Waals surface area contributed by atoms with Gasteiger partial charge >= 0.3 is 0 Å². The Morgan fingerprint density at radius 1 is 1.27 bits per heavy atom. The molecule has 0 unspecified atom stereocenters. The molecular weight excluding hydrogens is 184 g/mol. The minimum atomic E-state index is 0.855. The molecule has 2 nitrogen and oxygen atoms in total. The van der Waals surface area contributed by atoms with E-state index in [1.807, 2.05) is 12.1 Å². The van der Waals surface area contributed by atoms with E-state index in [1.165, 1.54) is 31.5 Å². The van der Waals surface area contributed by atoms with Crippen molar-refractivity contribution < 1.29 is 0 Å². The molecule has 0 aliphatic heterocycles. The summed E-state index contributed by atoms with van der Waals surface area (Å²) < 4.78 is 0. The van der Waals surface area contributed by atoms with Crippen molar-refractivity contribution in [2.45, 2.75) is 32.2 Å². The van der Waals surface area contributed by atoms with Crippen LogP contribution < -0.4 is 5.73 Å². The van der Waals surface area contributed by atoms with Crippen LogP contribution in [0.3, 0.4) is 0 Å². The zero-order valence-corrected chi connectivity index (χ0v) is 9.45. The minimum absolute atomic E-state index is 0.855. The molecule has 2 heteroatoms. The second kappa shape index (κ2) is 4.67. The predicted molar refractivity (Wildman–Crippen MR) is 64.8 cm³/mol. The van der Waals surface area contributed by atoms with Crippen LogP contribution in [0, 0.1) is 0 Å². The Balaban J connectivity index is 1.83. The third-order valence-electron chi connectivity index (χ3n) is 3.14. The Kier molecular flexibility index (Phi) is 3.27. The third-order valence-corrected chi connectivity index (χ3v) is 3.14. The second-order valence-electron chi connectivity index (χ2n) is 4.35. The van der Waals surface area contributed by atoms with Crippen molar-refractivity contribution in [1.29, 1.82) is 0 Å². The molecule has 1 saturated carbocycles. The van der Waals surface area contributed by atoms with Crippen LogP contribution in [0.4, 0.5) is 5.69 Å². The molecule has 2 rings (SSSR count). The number of hydrogen-bond donors (Lipinski definition) is 1. The van der Waals surface area contributed by atoms with Crippen LogP contribution in [-0.2, 0) is 6.42 Å². The summed E-state index contributed by atoms with van der Waals surface area (Å²) in [4.78, 5) is 2.58. The van der Waals surface area contributed by atoms with E-state index >= 15 is 0 Å². The van der Waals surface area contributed by atoms with E-state index in [2.05, 4.69) is 24.0 Å². The van der Waals surface area contributed by atoms with E-state index in [1.54, 1.807) is 0 Å². The van der Waals surface area contributed by atoms with Crippen LogP contribution in [-0.4, -0.2) is 24.0 Å². The summed E-state index contributed by atoms with van der Waals surface area (Å²) in [6, 6.07) is 9.13. The highest BCUT2D eigenvalue weighted by Gasteiger charge is 2.27. The number of hydrogen-bond acceptors (Lipinski definition) is 2. The van der Waals surface area contributed by atoms with Gasteiger partial charge in [-0.3, -0.25) is 0 Å². The largest absolute Gasteiger partial charge is 0.399 e. The van der Waals surface area contributed by atoms with Crippen molar-refractivity contribution in [2.24, 2.45) is 0 Å². The maximum absolute atomic E-state index is 5.66. The average molecular weight is 204 g/mol. The van der Waals surface area contributed by atoms with Gasteiger partial charge in [-0.1, -0.05) is 19.1 Å². The van der Waals surface area contributed by atoms with Gasteiger partial charge in [-0.2, -0.15) is 0 Å². The summed E-state index contributed by atoms with van der Waals surface area (Å²) in [5.74, 6) is 0. The van der Waals surface area contributed by atoms with Gasteiger partial charge in [-0.25, -0.2) is 0 Å². The van der Waals surface area contributed by atoms with Crippen LogP contribution in [0.2, 0.25) is 0 Å². The average Bonchev–Trinajstić information content (AvgIpc) is 3.06. The van der Waals surface area contributed by atoms with Gasteiger partial charge in [0, 0.05) is 18.3 Å². The number of nitrogens with two attached hydrogens (primary N) is 1. The van der Waals surface area contributed by atoms with Crippen molar-refractivity contribution >= 4 is 5.69 Å². The molecule has 0 radical (unpaired) electrons. The van der Waals surface area contributed by atoms with E-state index in [0.29, 0.717) is 0 Å². The monoisotopic (exact) mass is 204 g/mol. The van der Waals surface area contributed by atoms with Crippen LogP contribution in [0.1, 0.15) is 25.3 Å². The molecule has 1 aliphatic rings. The van der Waals surface area contributed by atoms with Gasteiger partial charge in [-0.05, 0) is 43.5 Å². The molecule has 0 aromatic heterocycles. The minimum Gasteiger partial charge on any atom is -0.399 e. The molecule has 0 atom stereocenters. The summed E-state index contributed by atoms with van der Waals surface area (Å²) in [5, 5.41) is 0. The van der Waals surface area contributed by atoms with Crippen molar-refractivity contribution in [1.82, 2.24) is 4.90 Å². The SMILES string of the molecule is CCN(CCc1ccc(N)cc1)C1CC1. The fourth-order valence-corrected chi connectivity index (χ4v) is 2.00. The molecule has 1 fully saturated rings. The fourth-order valence-electron chi connectivity index (χ4n) is 2.00. The van der Waals surface area contributed by atoms with Crippen molar-refractivity contribution in [2.75, 3.05) is 18.8 Å². The lowest BCUT2D eigenvalue weighted by Crippen LogP contribution is -2.27. The van der Waals surface area contributed by atoms with Gasteiger partial charge in [-0.15, -0.1) is 0 Å². The van der Waals surface area contributed by atoms with E-state index < -0.39 is 0 Å². The lowest BCUT2D eigenvalue weighted by molar-refractivity contribution is 0.281. The zero-order valence-electron chi connectivity index (χ0n) is 9.45. The first-order chi connectivity index (χ1) is 7.29. The Morgan fingerprint density at radius 2 is 1.93 bits per heavy atom. The number of likely N-dealkylation sites (N-methyl/N-ethyl adjacent to an activating group) is 1. The second-order valence-corrected chi connectivity index (χ2v) is 4.35. The van der Waals surface area contributed by atoms with Crippen LogP contribution >= 0.6 is 0 Å². The molecule has 0 spiro atoms. The van der Waals surface area contributed by atoms with Crippen molar-refractivity contribution in [3.63, 3.8) is 0 Å². The van der Waals surface area contributed by atoms with E-state index in [9.17, 15) is 0 Å². The topological polar surface area (TPSA) is 29.3 Å². The molecule has 82 valence electrons. The number of rotatable bonds is 5. The third kappa shape index (κ3) is 2.96. The predicted octanol–water partition coefficient (Wildman–Crippen LogP) is 2.30. The summed E-state index contributed by atoms with van der Waals surface area (Å²) >= 11 is 0. The highest BCUT2D eigenvalue weighted by Crippen LogP contribution is 2.26. The Labute approximate surface area is 92.1 Å². The summed E-state index contributed by atoms with van der Waals surface area (Å²) in [6.45, 7) is 4.62. The van der Waals surface area contributed by atoms with Gasteiger partial charge in [0.25, 0.3) is 0 Å². The lowest BCUT2D eigenvalue weighted by atomic mass is 10.1. The lowest BCUT2D eigenvalue weighted by Gasteiger charge is -2.19. The number of nitrogen functional groups attached to an aromatic ring is 1. The van der Waals surface area contributed by atoms with Crippen LogP contribution in [0.25, 0.3) is 0 Å². The molecule has 15 heavy (non-hydrogen) atoms. The highest BCUT2D eigenvalue weighted by atomic mass is 15.2. The maximum Gasteiger partial charge on any atom is 0.0314 e. The van der Waals surface area contributed by atoms with Gasteiger partial charge in [0.05, 0.1) is 0 Å². The first-order valence-electron chi connectivity index (χ1n) is 5.88. The number of nitrogens with zero attached hydrogens (tertiary/aromatic N) is 1. The quantitative estimate of drug-likeness (QED) is 0.746. The van der Waals surface area contributed by atoms with E-state index in [-0.39, 0.29) is 0 Å². The van der Waals surface area contributed by atoms with Gasteiger partial charge in [0.2, 0.25) is 0 Å². The molecule has 1 aliphatic carbocycles. The van der Waals surface area contributed by atoms with Crippen molar-refractivity contribution in [3.8, 4) is 0 Å². The summed E-state index contributed by atoms with van der Waals surface area (Å²) in [5.41, 5.74) is 7.90. The Bertz CT molecular complexity index is 301. The maximum atomic E-state index is 5.66. The van der Waals surface area contributed by atoms with E-state index in [4.69, 9.17) is 5.73 Å². The summed E-state index contributed by atoms with van der Waals surface area (Å²) in [7, 11) is 0. The molecule has 0 heterocycles. The van der Waals surface area contributed by atoms with Gasteiger partial charge in [0.1, 0.15) is 0 Å². The number of anilines is 1. The molecule has 1 aromatic carbocycles. The first kappa shape index (κ1) is 10.5. The molecule has 1 aromatic rings. The molecule has 0 saturated heterocycles. The van der Waals surface area contributed by atoms with Gasteiger partial charge < -0.3 is 10.6 Å². The van der Waals surface area contributed by atoms with Gasteiger partial charge in [0.15, 0.2) is 0 Å². The van der Waals surface area contributed by atoms with E-state index in [0.717, 1.165) is 18.2 Å². The summed E-state index contributed by atoms with van der Waals surface area (Å²) in [6.07, 6.45) is 3.94. The molecule has 0 amide bonds. The molecule has 0 bridgehead atoms. The zero-order chi connectivity index (χ0) is 10.7. The van der Waals surface area contributed by atoms with Crippen LogP contribution in [0.15, 0.2) is 24.3 Å². The Morgan fingerprint density at radius 3 is 2.47 bits per heavy atom. The molecular formula is C13H20N2. The van der Waals surface area contributed by atoms with Crippen LogP contribution in [0.5, 0.6) is 0 Å². The Hall–Kier alpha value is -1.02. The number of benzene rings is 1. The molecule has 2 N–H and O–H groups in total.